The van der Waals surface area contributed by atoms with Gasteiger partial charge < -0.3 is 0 Å². The number of benzene rings is 2. The molecule has 0 spiro atoms. The van der Waals surface area contributed by atoms with E-state index in [4.69, 9.17) is 0 Å². The Balaban J connectivity index is 2.54. The molecule has 0 saturated carbocycles. The molecule has 0 radical (unpaired) electrons. The second-order valence-electron chi connectivity index (χ2n) is 4.41. The summed E-state index contributed by atoms with van der Waals surface area (Å²) in [6, 6.07) is 13.8. The molecule has 0 aliphatic rings. The third-order valence-corrected chi connectivity index (χ3v) is 4.88. The Hall–Kier alpha value is -2.21. The molecule has 5 nitrogen and oxygen atoms in total. The van der Waals surface area contributed by atoms with E-state index in [-0.39, 0.29) is 10.5 Å². The van der Waals surface area contributed by atoms with Crippen molar-refractivity contribution in [1.29, 1.82) is 0 Å². The first kappa shape index (κ1) is 14.2. The van der Waals surface area contributed by atoms with Gasteiger partial charge in [-0.25, -0.2) is 8.42 Å². The highest BCUT2D eigenvalue weighted by Crippen LogP contribution is 2.29. The number of hydrogen-bond acceptors (Lipinski definition) is 4. The molecule has 0 aliphatic heterocycles. The van der Waals surface area contributed by atoms with Gasteiger partial charge in [-0.05, 0) is 19.1 Å². The summed E-state index contributed by atoms with van der Waals surface area (Å²) in [7, 11) is -4.07. The summed E-state index contributed by atoms with van der Waals surface area (Å²) < 4.78 is 24.9. The van der Waals surface area contributed by atoms with Crippen LogP contribution in [0.5, 0.6) is 0 Å². The molecule has 104 valence electrons. The maximum atomic E-state index is 12.4. The van der Waals surface area contributed by atoms with Crippen LogP contribution in [-0.4, -0.2) is 13.3 Å². The van der Waals surface area contributed by atoms with Crippen molar-refractivity contribution < 1.29 is 13.3 Å². The molecule has 0 fully saturated rings. The van der Waals surface area contributed by atoms with Gasteiger partial charge in [-0.3, -0.25) is 10.1 Å². The minimum Gasteiger partial charge on any atom is -0.263 e. The smallest absolute Gasteiger partial charge is 0.263 e. The molecule has 2 rings (SSSR count). The lowest BCUT2D eigenvalue weighted by molar-refractivity contribution is -0.502. The first-order valence-corrected chi connectivity index (χ1v) is 7.46. The molecule has 0 aromatic heterocycles. The number of rotatable bonds is 4. The van der Waals surface area contributed by atoms with E-state index in [9.17, 15) is 18.5 Å². The number of aryl methyl sites for hydroxylation is 1. The van der Waals surface area contributed by atoms with Crippen molar-refractivity contribution in [3.63, 3.8) is 0 Å². The highest BCUT2D eigenvalue weighted by Gasteiger charge is 2.39. The Labute approximate surface area is 116 Å². The zero-order valence-electron chi connectivity index (χ0n) is 10.8. The van der Waals surface area contributed by atoms with Crippen molar-refractivity contribution in [3.8, 4) is 0 Å². The molecule has 0 N–H and O–H groups in total. The van der Waals surface area contributed by atoms with E-state index in [1.165, 1.54) is 24.3 Å². The first-order chi connectivity index (χ1) is 9.43. The van der Waals surface area contributed by atoms with E-state index >= 15 is 0 Å². The highest BCUT2D eigenvalue weighted by molar-refractivity contribution is 7.91. The standard InChI is InChI=1S/C14H13NO4S/c1-11-7-9-13(10-8-11)20(18,19)14(15(16)17)12-5-3-2-4-6-12/h2-10,14H,1H3. The van der Waals surface area contributed by atoms with Gasteiger partial charge in [0.15, 0.2) is 0 Å². The van der Waals surface area contributed by atoms with E-state index in [2.05, 4.69) is 0 Å². The molecule has 6 heteroatoms. The van der Waals surface area contributed by atoms with Crippen LogP contribution in [-0.2, 0) is 9.84 Å². The molecule has 1 atom stereocenters. The van der Waals surface area contributed by atoms with Gasteiger partial charge in [0.25, 0.3) is 9.84 Å². The number of nitrogens with zero attached hydrogens (tertiary/aromatic N) is 1. The first-order valence-electron chi connectivity index (χ1n) is 5.92. The van der Waals surface area contributed by atoms with Crippen LogP contribution in [0.4, 0.5) is 0 Å². The van der Waals surface area contributed by atoms with Gasteiger partial charge in [-0.1, -0.05) is 48.0 Å². The fourth-order valence-corrected chi connectivity index (χ4v) is 3.40. The van der Waals surface area contributed by atoms with Gasteiger partial charge in [0.05, 0.1) is 4.90 Å². The number of sulfone groups is 1. The quantitative estimate of drug-likeness (QED) is 0.641. The zero-order chi connectivity index (χ0) is 14.8. The Morgan fingerprint density at radius 1 is 1.00 bits per heavy atom. The monoisotopic (exact) mass is 291 g/mol. The van der Waals surface area contributed by atoms with Crippen LogP contribution in [0.15, 0.2) is 59.5 Å². The van der Waals surface area contributed by atoms with Crippen LogP contribution in [0.3, 0.4) is 0 Å². The molecule has 0 heterocycles. The Bertz CT molecular complexity index is 709. The minimum absolute atomic E-state index is 0.0475. The third kappa shape index (κ3) is 2.70. The van der Waals surface area contributed by atoms with Crippen molar-refractivity contribution in [1.82, 2.24) is 0 Å². The normalized spacial score (nSPS) is 12.8. The van der Waals surface area contributed by atoms with Gasteiger partial charge in [0.2, 0.25) is 0 Å². The van der Waals surface area contributed by atoms with E-state index in [0.717, 1.165) is 5.56 Å². The molecular formula is C14H13NO4S. The molecule has 0 aliphatic carbocycles. The second-order valence-corrected chi connectivity index (χ2v) is 6.41. The zero-order valence-corrected chi connectivity index (χ0v) is 11.6. The molecular weight excluding hydrogens is 278 g/mol. The van der Waals surface area contributed by atoms with Gasteiger partial charge in [-0.2, -0.15) is 0 Å². The van der Waals surface area contributed by atoms with E-state index in [1.807, 2.05) is 6.92 Å². The van der Waals surface area contributed by atoms with E-state index in [1.54, 1.807) is 30.3 Å². The Morgan fingerprint density at radius 2 is 1.55 bits per heavy atom. The van der Waals surface area contributed by atoms with Crippen LogP contribution in [0, 0.1) is 17.0 Å². The summed E-state index contributed by atoms with van der Waals surface area (Å²) in [6.07, 6.45) is 0. The molecule has 2 aromatic carbocycles. The van der Waals surface area contributed by atoms with E-state index in [0.29, 0.717) is 0 Å². The summed E-state index contributed by atoms with van der Waals surface area (Å²) in [5.41, 5.74) is 1.04. The molecule has 0 amide bonds. The number of hydrogen-bond donors (Lipinski definition) is 0. The maximum absolute atomic E-state index is 12.4. The highest BCUT2D eigenvalue weighted by atomic mass is 32.2. The Morgan fingerprint density at radius 3 is 2.05 bits per heavy atom. The topological polar surface area (TPSA) is 77.3 Å². The fraction of sp³-hybridized carbons (Fsp3) is 0.143. The summed E-state index contributed by atoms with van der Waals surface area (Å²) in [5, 5.41) is 9.43. The molecule has 2 aromatic rings. The molecule has 20 heavy (non-hydrogen) atoms. The van der Waals surface area contributed by atoms with Gasteiger partial charge >= 0.3 is 5.37 Å². The predicted molar refractivity (Wildman–Crippen MR) is 74.5 cm³/mol. The molecule has 1 unspecified atom stereocenters. The summed E-state index contributed by atoms with van der Waals surface area (Å²) >= 11 is 0. The van der Waals surface area contributed by atoms with Crippen molar-refractivity contribution in [3.05, 3.63) is 75.8 Å². The van der Waals surface area contributed by atoms with Crippen molar-refractivity contribution in [2.24, 2.45) is 0 Å². The maximum Gasteiger partial charge on any atom is 0.339 e. The van der Waals surface area contributed by atoms with Crippen LogP contribution in [0.1, 0.15) is 16.5 Å². The van der Waals surface area contributed by atoms with E-state index < -0.39 is 20.1 Å². The lowest BCUT2D eigenvalue weighted by Crippen LogP contribution is -2.21. The third-order valence-electron chi connectivity index (χ3n) is 2.92. The lowest BCUT2D eigenvalue weighted by atomic mass is 10.2. The second kappa shape index (κ2) is 5.42. The largest absolute Gasteiger partial charge is 0.339 e. The van der Waals surface area contributed by atoms with Gasteiger partial charge in [-0.15, -0.1) is 0 Å². The van der Waals surface area contributed by atoms with Crippen LogP contribution >= 0.6 is 0 Å². The fourth-order valence-electron chi connectivity index (χ4n) is 1.89. The summed E-state index contributed by atoms with van der Waals surface area (Å²) in [6.45, 7) is 1.82. The minimum atomic E-state index is -4.07. The number of nitro groups is 1. The van der Waals surface area contributed by atoms with Crippen molar-refractivity contribution in [2.75, 3.05) is 0 Å². The average molecular weight is 291 g/mol. The summed E-state index contributed by atoms with van der Waals surface area (Å²) in [5.74, 6) is 0. The van der Waals surface area contributed by atoms with Crippen LogP contribution < -0.4 is 0 Å². The average Bonchev–Trinajstić information content (AvgIpc) is 2.39. The SMILES string of the molecule is Cc1ccc(S(=O)(=O)C(c2ccccc2)[N+](=O)[O-])cc1. The van der Waals surface area contributed by atoms with Crippen LogP contribution in [0.2, 0.25) is 0 Å². The lowest BCUT2D eigenvalue weighted by Gasteiger charge is -2.11. The van der Waals surface area contributed by atoms with Crippen molar-refractivity contribution >= 4 is 9.84 Å². The van der Waals surface area contributed by atoms with Crippen molar-refractivity contribution in [2.45, 2.75) is 17.2 Å². The van der Waals surface area contributed by atoms with Gasteiger partial charge in [0.1, 0.15) is 0 Å². The predicted octanol–water partition coefficient (Wildman–Crippen LogP) is 2.74. The molecule has 0 saturated heterocycles. The van der Waals surface area contributed by atoms with Crippen LogP contribution in [0.25, 0.3) is 0 Å². The van der Waals surface area contributed by atoms with Gasteiger partial charge in [0, 0.05) is 10.5 Å². The summed E-state index contributed by atoms with van der Waals surface area (Å²) in [4.78, 5) is 10.4. The Kier molecular flexibility index (Phi) is 3.85. The molecule has 0 bridgehead atoms.